The molecule has 2 aromatic rings. The summed E-state index contributed by atoms with van der Waals surface area (Å²) in [6.45, 7) is 2.36. The molecule has 0 unspecified atom stereocenters. The van der Waals surface area contributed by atoms with Crippen molar-refractivity contribution < 1.29 is 13.2 Å². The van der Waals surface area contributed by atoms with Crippen molar-refractivity contribution in [2.24, 2.45) is 0 Å². The van der Waals surface area contributed by atoms with Gasteiger partial charge < -0.3 is 5.32 Å². The van der Waals surface area contributed by atoms with E-state index in [9.17, 15) is 13.2 Å². The Morgan fingerprint density at radius 3 is 2.54 bits per heavy atom. The molecule has 0 aliphatic rings. The first kappa shape index (κ1) is 20.4. The van der Waals surface area contributed by atoms with Crippen molar-refractivity contribution in [1.82, 2.24) is 9.62 Å². The Hall–Kier alpha value is -1.89. The maximum atomic E-state index is 12.2. The van der Waals surface area contributed by atoms with E-state index in [1.54, 1.807) is 12.1 Å². The van der Waals surface area contributed by atoms with Crippen LogP contribution < -0.4 is 5.32 Å². The second-order valence-corrected chi connectivity index (χ2v) is 8.60. The predicted octanol–water partition coefficient (Wildman–Crippen LogP) is 2.77. The molecule has 26 heavy (non-hydrogen) atoms. The van der Waals surface area contributed by atoms with Gasteiger partial charge >= 0.3 is 0 Å². The summed E-state index contributed by atoms with van der Waals surface area (Å²) in [6, 6.07) is 15.0. The highest BCUT2D eigenvalue weighted by atomic mass is 35.5. The maximum Gasteiger partial charge on any atom is 0.235 e. The monoisotopic (exact) mass is 394 g/mol. The van der Waals surface area contributed by atoms with Crippen molar-refractivity contribution in [2.75, 3.05) is 19.3 Å². The number of rotatable bonds is 8. The van der Waals surface area contributed by atoms with Crippen LogP contribution in [-0.2, 0) is 27.8 Å². The van der Waals surface area contributed by atoms with Gasteiger partial charge in [-0.3, -0.25) is 4.79 Å². The topological polar surface area (TPSA) is 66.5 Å². The van der Waals surface area contributed by atoms with Crippen molar-refractivity contribution >= 4 is 27.5 Å². The van der Waals surface area contributed by atoms with Crippen LogP contribution >= 0.6 is 11.6 Å². The zero-order valence-corrected chi connectivity index (χ0v) is 16.5. The van der Waals surface area contributed by atoms with Crippen LogP contribution in [-0.4, -0.2) is 38.0 Å². The quantitative estimate of drug-likeness (QED) is 0.748. The first-order valence-corrected chi connectivity index (χ1v) is 10.5. The van der Waals surface area contributed by atoms with Gasteiger partial charge in [0, 0.05) is 18.1 Å². The van der Waals surface area contributed by atoms with Crippen LogP contribution in [0, 0.1) is 6.92 Å². The summed E-state index contributed by atoms with van der Waals surface area (Å²) in [4.78, 5) is 12.2. The summed E-state index contributed by atoms with van der Waals surface area (Å²) in [5, 5.41) is 3.38. The Balaban J connectivity index is 1.94. The van der Waals surface area contributed by atoms with Gasteiger partial charge in [0.05, 0.1) is 12.8 Å². The number of halogens is 1. The molecule has 0 atom stereocenters. The van der Waals surface area contributed by atoms with Crippen LogP contribution in [0.4, 0.5) is 0 Å². The van der Waals surface area contributed by atoms with Crippen LogP contribution in [0.2, 0.25) is 5.02 Å². The zero-order chi connectivity index (χ0) is 19.2. The lowest BCUT2D eigenvalue weighted by Gasteiger charge is -2.19. The van der Waals surface area contributed by atoms with Gasteiger partial charge in [-0.15, -0.1) is 0 Å². The number of nitrogens with zero attached hydrogens (tertiary/aromatic N) is 1. The number of aryl methyl sites for hydroxylation is 1. The van der Waals surface area contributed by atoms with Crippen molar-refractivity contribution in [2.45, 2.75) is 19.9 Å². The molecule has 2 rings (SSSR count). The van der Waals surface area contributed by atoms with E-state index in [2.05, 4.69) is 5.32 Å². The molecule has 2 aromatic carbocycles. The third-order valence-electron chi connectivity index (χ3n) is 4.07. The first-order valence-electron chi connectivity index (χ1n) is 8.26. The zero-order valence-electron chi connectivity index (χ0n) is 14.9. The van der Waals surface area contributed by atoms with Crippen molar-refractivity contribution in [3.05, 3.63) is 70.2 Å². The number of sulfonamides is 1. The minimum Gasteiger partial charge on any atom is -0.351 e. The molecule has 0 radical (unpaired) electrons. The first-order chi connectivity index (χ1) is 12.3. The molecule has 1 amide bonds. The SMILES string of the molecule is Cc1ccccc1CNC(=O)CN(CCc1cccc(Cl)c1)S(C)(=O)=O. The third kappa shape index (κ3) is 6.44. The fourth-order valence-corrected chi connectivity index (χ4v) is 3.51. The van der Waals surface area contributed by atoms with Crippen LogP contribution in [0.5, 0.6) is 0 Å². The molecule has 1 N–H and O–H groups in total. The molecule has 0 saturated heterocycles. The van der Waals surface area contributed by atoms with E-state index in [0.717, 1.165) is 22.9 Å². The molecule has 0 spiro atoms. The Kier molecular flexibility index (Phi) is 7.20. The summed E-state index contributed by atoms with van der Waals surface area (Å²) >= 11 is 5.95. The highest BCUT2D eigenvalue weighted by Gasteiger charge is 2.20. The number of carbonyl (C=O) groups excluding carboxylic acids is 1. The van der Waals surface area contributed by atoms with E-state index in [4.69, 9.17) is 11.6 Å². The molecule has 0 fully saturated rings. The fraction of sp³-hybridized carbons (Fsp3) is 0.316. The second kappa shape index (κ2) is 9.16. The van der Waals surface area contributed by atoms with Crippen LogP contribution in [0.3, 0.4) is 0 Å². The largest absolute Gasteiger partial charge is 0.351 e. The molecule has 0 aliphatic heterocycles. The van der Waals surface area contributed by atoms with Crippen molar-refractivity contribution in [3.63, 3.8) is 0 Å². The molecular formula is C19H23ClN2O3S. The minimum absolute atomic E-state index is 0.203. The molecular weight excluding hydrogens is 372 g/mol. The number of benzene rings is 2. The summed E-state index contributed by atoms with van der Waals surface area (Å²) in [5.41, 5.74) is 3.01. The second-order valence-electron chi connectivity index (χ2n) is 6.18. The summed E-state index contributed by atoms with van der Waals surface area (Å²) < 4.78 is 25.2. The molecule has 0 heterocycles. The molecule has 0 bridgehead atoms. The molecule has 0 aromatic heterocycles. The summed E-state index contributed by atoms with van der Waals surface area (Å²) in [5.74, 6) is -0.329. The average molecular weight is 395 g/mol. The number of amides is 1. The average Bonchev–Trinajstić information content (AvgIpc) is 2.57. The van der Waals surface area contributed by atoms with E-state index in [0.29, 0.717) is 18.0 Å². The summed E-state index contributed by atoms with van der Waals surface area (Å²) in [7, 11) is -3.49. The van der Waals surface area contributed by atoms with Crippen molar-refractivity contribution in [1.29, 1.82) is 0 Å². The van der Waals surface area contributed by atoms with Crippen LogP contribution in [0.1, 0.15) is 16.7 Å². The fourth-order valence-electron chi connectivity index (χ4n) is 2.53. The molecule has 0 aliphatic carbocycles. The number of carbonyl (C=O) groups is 1. The van der Waals surface area contributed by atoms with Crippen molar-refractivity contribution in [3.8, 4) is 0 Å². The van der Waals surface area contributed by atoms with Crippen LogP contribution in [0.15, 0.2) is 48.5 Å². The van der Waals surface area contributed by atoms with Crippen LogP contribution in [0.25, 0.3) is 0 Å². The molecule has 0 saturated carbocycles. The Morgan fingerprint density at radius 2 is 1.88 bits per heavy atom. The van der Waals surface area contributed by atoms with Gasteiger partial charge in [-0.1, -0.05) is 48.0 Å². The Bertz CT molecular complexity index is 869. The lowest BCUT2D eigenvalue weighted by atomic mass is 10.1. The Labute approximate surface area is 160 Å². The molecule has 7 heteroatoms. The highest BCUT2D eigenvalue weighted by Crippen LogP contribution is 2.12. The predicted molar refractivity (Wildman–Crippen MR) is 105 cm³/mol. The third-order valence-corrected chi connectivity index (χ3v) is 5.55. The van der Waals surface area contributed by atoms with Gasteiger partial charge in [-0.05, 0) is 42.2 Å². The highest BCUT2D eigenvalue weighted by molar-refractivity contribution is 7.88. The number of nitrogens with one attached hydrogen (secondary N) is 1. The van der Waals surface area contributed by atoms with Gasteiger partial charge in [0.15, 0.2) is 0 Å². The lowest BCUT2D eigenvalue weighted by Crippen LogP contribution is -2.41. The van der Waals surface area contributed by atoms with Gasteiger partial charge in [0.1, 0.15) is 0 Å². The number of hydrogen-bond acceptors (Lipinski definition) is 3. The van der Waals surface area contributed by atoms with E-state index in [-0.39, 0.29) is 19.0 Å². The van der Waals surface area contributed by atoms with Gasteiger partial charge in [-0.2, -0.15) is 4.31 Å². The van der Waals surface area contributed by atoms with E-state index in [1.807, 2.05) is 43.3 Å². The normalized spacial score (nSPS) is 11.5. The minimum atomic E-state index is -3.49. The van der Waals surface area contributed by atoms with Gasteiger partial charge in [0.25, 0.3) is 0 Å². The standard InChI is InChI=1S/C19H23ClN2O3S/c1-15-6-3-4-8-17(15)13-21-19(23)14-22(26(2,24)25)11-10-16-7-5-9-18(20)12-16/h3-9,12H,10-11,13-14H2,1-2H3,(H,21,23). The summed E-state index contributed by atoms with van der Waals surface area (Å²) in [6.07, 6.45) is 1.60. The molecule has 140 valence electrons. The maximum absolute atomic E-state index is 12.2. The molecule has 5 nitrogen and oxygen atoms in total. The van der Waals surface area contributed by atoms with Gasteiger partial charge in [-0.25, -0.2) is 8.42 Å². The van der Waals surface area contributed by atoms with Gasteiger partial charge in [0.2, 0.25) is 15.9 Å². The number of hydrogen-bond donors (Lipinski definition) is 1. The van der Waals surface area contributed by atoms with E-state index < -0.39 is 10.0 Å². The lowest BCUT2D eigenvalue weighted by molar-refractivity contribution is -0.121. The van der Waals surface area contributed by atoms with E-state index >= 15 is 0 Å². The van der Waals surface area contributed by atoms with E-state index in [1.165, 1.54) is 4.31 Å². The Morgan fingerprint density at radius 1 is 1.15 bits per heavy atom. The smallest absolute Gasteiger partial charge is 0.235 e.